The topological polar surface area (TPSA) is 9.23 Å². The molecule has 2 saturated carbocycles. The fourth-order valence-corrected chi connectivity index (χ4v) is 2.46. The predicted molar refractivity (Wildman–Crippen MR) is 36.5 cm³/mol. The lowest BCUT2D eigenvalue weighted by atomic mass is 9.98. The molecule has 0 aromatic rings. The molecule has 1 nitrogen and oxygen atoms in total. The van der Waals surface area contributed by atoms with Crippen molar-refractivity contribution >= 4 is 0 Å². The summed E-state index contributed by atoms with van der Waals surface area (Å²) in [5, 5.41) is 0. The molecule has 0 amide bonds. The maximum atomic E-state index is 13.1. The van der Waals surface area contributed by atoms with Crippen LogP contribution in [0.1, 0.15) is 19.3 Å². The molecular weight excluding hydrogens is 131 g/mol. The number of fused-ring (bicyclic) bond motifs is 2. The van der Waals surface area contributed by atoms with Crippen LogP contribution in [0.15, 0.2) is 0 Å². The van der Waals surface area contributed by atoms with Gasteiger partial charge in [0.05, 0.1) is 6.10 Å². The van der Waals surface area contributed by atoms with Crippen LogP contribution in [0.2, 0.25) is 0 Å². The lowest BCUT2D eigenvalue weighted by molar-refractivity contribution is 0.0493. The smallest absolute Gasteiger partial charge is 0.108 e. The summed E-state index contributed by atoms with van der Waals surface area (Å²) >= 11 is 0. The monoisotopic (exact) mass is 144 g/mol. The Bertz CT molecular complexity index is 137. The molecule has 2 fully saturated rings. The summed E-state index contributed by atoms with van der Waals surface area (Å²) in [5.74, 6) is 0.560. The average molecular weight is 144 g/mol. The number of hydrogen-bond donors (Lipinski definition) is 0. The molecule has 0 heterocycles. The normalized spacial score (nSPS) is 52.2. The SMILES string of the molecule is CO[C@H]1C[C@@H]2CC[C@H]1[C@@H]2F. The third-order valence-corrected chi connectivity index (χ3v) is 3.05. The molecule has 0 unspecified atom stereocenters. The summed E-state index contributed by atoms with van der Waals surface area (Å²) < 4.78 is 18.3. The van der Waals surface area contributed by atoms with E-state index in [0.29, 0.717) is 5.92 Å². The van der Waals surface area contributed by atoms with Crippen molar-refractivity contribution in [3.63, 3.8) is 0 Å². The second-order valence-corrected chi connectivity index (χ2v) is 3.46. The second kappa shape index (κ2) is 2.19. The van der Waals surface area contributed by atoms with Crippen molar-refractivity contribution in [2.24, 2.45) is 11.8 Å². The van der Waals surface area contributed by atoms with Crippen molar-refractivity contribution in [3.05, 3.63) is 0 Å². The van der Waals surface area contributed by atoms with Crippen LogP contribution in [-0.2, 0) is 4.74 Å². The van der Waals surface area contributed by atoms with E-state index < -0.39 is 6.17 Å². The molecule has 2 rings (SSSR count). The number of methoxy groups -OCH3 is 1. The van der Waals surface area contributed by atoms with Gasteiger partial charge in [0.15, 0.2) is 0 Å². The summed E-state index contributed by atoms with van der Waals surface area (Å²) in [6.45, 7) is 0. The Balaban J connectivity index is 2.08. The molecule has 0 aromatic carbocycles. The first-order chi connectivity index (χ1) is 4.83. The lowest BCUT2D eigenvalue weighted by Crippen LogP contribution is -2.20. The van der Waals surface area contributed by atoms with Crippen molar-refractivity contribution in [2.75, 3.05) is 7.11 Å². The van der Waals surface area contributed by atoms with Crippen LogP contribution in [0.25, 0.3) is 0 Å². The summed E-state index contributed by atoms with van der Waals surface area (Å²) in [4.78, 5) is 0. The Kier molecular flexibility index (Phi) is 1.44. The predicted octanol–water partition coefficient (Wildman–Crippen LogP) is 1.77. The third kappa shape index (κ3) is 0.715. The zero-order valence-corrected chi connectivity index (χ0v) is 6.22. The minimum absolute atomic E-state index is 0.230. The average Bonchev–Trinajstić information content (AvgIpc) is 2.46. The Morgan fingerprint density at radius 2 is 2.20 bits per heavy atom. The van der Waals surface area contributed by atoms with Gasteiger partial charge in [0.25, 0.3) is 0 Å². The first-order valence-electron chi connectivity index (χ1n) is 4.00. The van der Waals surface area contributed by atoms with Crippen LogP contribution >= 0.6 is 0 Å². The molecular formula is C8H13FO. The van der Waals surface area contributed by atoms with Gasteiger partial charge in [-0.15, -0.1) is 0 Å². The Morgan fingerprint density at radius 1 is 1.40 bits per heavy atom. The molecule has 0 N–H and O–H groups in total. The second-order valence-electron chi connectivity index (χ2n) is 3.46. The van der Waals surface area contributed by atoms with E-state index >= 15 is 0 Å². The van der Waals surface area contributed by atoms with E-state index in [-0.39, 0.29) is 12.0 Å². The highest BCUT2D eigenvalue weighted by molar-refractivity contribution is 4.97. The first kappa shape index (κ1) is 6.59. The molecule has 0 aromatic heterocycles. The molecule has 4 atom stereocenters. The quantitative estimate of drug-likeness (QED) is 0.545. The molecule has 2 aliphatic rings. The van der Waals surface area contributed by atoms with Gasteiger partial charge in [-0.25, -0.2) is 4.39 Å². The van der Waals surface area contributed by atoms with Gasteiger partial charge in [-0.3, -0.25) is 0 Å². The number of ether oxygens (including phenoxy) is 1. The summed E-state index contributed by atoms with van der Waals surface area (Å²) in [5.41, 5.74) is 0. The molecule has 58 valence electrons. The highest BCUT2D eigenvalue weighted by Crippen LogP contribution is 2.47. The van der Waals surface area contributed by atoms with Gasteiger partial charge in [-0.05, 0) is 25.2 Å². The van der Waals surface area contributed by atoms with Gasteiger partial charge >= 0.3 is 0 Å². The fourth-order valence-electron chi connectivity index (χ4n) is 2.46. The van der Waals surface area contributed by atoms with Gasteiger partial charge in [0.2, 0.25) is 0 Å². The van der Waals surface area contributed by atoms with Crippen LogP contribution < -0.4 is 0 Å². The standard InChI is InChI=1S/C8H13FO/c1-10-7-4-5-2-3-6(7)8(5)9/h5-8H,2-4H2,1H3/t5-,6+,7-,8+/m0/s1. The fraction of sp³-hybridized carbons (Fsp3) is 1.00. The highest BCUT2D eigenvalue weighted by Gasteiger charge is 2.48. The van der Waals surface area contributed by atoms with Crippen LogP contribution in [0.5, 0.6) is 0 Å². The van der Waals surface area contributed by atoms with E-state index in [0.717, 1.165) is 19.3 Å². The zero-order valence-electron chi connectivity index (χ0n) is 6.22. The maximum Gasteiger partial charge on any atom is 0.108 e. The third-order valence-electron chi connectivity index (χ3n) is 3.05. The highest BCUT2D eigenvalue weighted by atomic mass is 19.1. The lowest BCUT2D eigenvalue weighted by Gasteiger charge is -2.18. The van der Waals surface area contributed by atoms with Gasteiger partial charge in [0, 0.05) is 13.0 Å². The molecule has 0 radical (unpaired) electrons. The van der Waals surface area contributed by atoms with E-state index in [1.807, 2.05) is 0 Å². The van der Waals surface area contributed by atoms with E-state index in [4.69, 9.17) is 4.74 Å². The Hall–Kier alpha value is -0.110. The summed E-state index contributed by atoms with van der Waals surface area (Å²) in [6.07, 6.45) is 2.77. The number of halogens is 1. The van der Waals surface area contributed by atoms with Gasteiger partial charge in [-0.2, -0.15) is 0 Å². The van der Waals surface area contributed by atoms with Crippen molar-refractivity contribution < 1.29 is 9.13 Å². The van der Waals surface area contributed by atoms with Crippen molar-refractivity contribution in [1.29, 1.82) is 0 Å². The number of hydrogen-bond acceptors (Lipinski definition) is 1. The van der Waals surface area contributed by atoms with Crippen molar-refractivity contribution in [1.82, 2.24) is 0 Å². The van der Waals surface area contributed by atoms with Crippen LogP contribution in [-0.4, -0.2) is 19.4 Å². The van der Waals surface area contributed by atoms with Crippen molar-refractivity contribution in [2.45, 2.75) is 31.5 Å². The van der Waals surface area contributed by atoms with Crippen molar-refractivity contribution in [3.8, 4) is 0 Å². The van der Waals surface area contributed by atoms with Crippen LogP contribution in [0.4, 0.5) is 4.39 Å². The largest absolute Gasteiger partial charge is 0.381 e. The van der Waals surface area contributed by atoms with Gasteiger partial charge < -0.3 is 4.74 Å². The molecule has 2 heteroatoms. The number of alkyl halides is 1. The van der Waals surface area contributed by atoms with E-state index in [2.05, 4.69) is 0 Å². The summed E-state index contributed by atoms with van der Waals surface area (Å²) in [7, 11) is 1.69. The molecule has 0 aliphatic heterocycles. The van der Waals surface area contributed by atoms with E-state index in [1.54, 1.807) is 7.11 Å². The molecule has 2 bridgehead atoms. The first-order valence-corrected chi connectivity index (χ1v) is 4.00. The zero-order chi connectivity index (χ0) is 7.14. The van der Waals surface area contributed by atoms with Gasteiger partial charge in [0.1, 0.15) is 6.17 Å². The van der Waals surface area contributed by atoms with E-state index in [9.17, 15) is 4.39 Å². The Morgan fingerprint density at radius 3 is 2.50 bits per heavy atom. The minimum atomic E-state index is -0.551. The number of rotatable bonds is 1. The minimum Gasteiger partial charge on any atom is -0.381 e. The van der Waals surface area contributed by atoms with Crippen LogP contribution in [0.3, 0.4) is 0 Å². The maximum absolute atomic E-state index is 13.1. The van der Waals surface area contributed by atoms with Gasteiger partial charge in [-0.1, -0.05) is 0 Å². The Labute approximate surface area is 60.6 Å². The molecule has 10 heavy (non-hydrogen) atoms. The van der Waals surface area contributed by atoms with Crippen LogP contribution in [0, 0.1) is 11.8 Å². The van der Waals surface area contributed by atoms with E-state index in [1.165, 1.54) is 0 Å². The summed E-state index contributed by atoms with van der Waals surface area (Å²) in [6, 6.07) is 0. The molecule has 0 spiro atoms. The molecule has 0 saturated heterocycles. The molecule has 2 aliphatic carbocycles.